The Balaban J connectivity index is 2.59. The number of hydrogen-bond acceptors (Lipinski definition) is 4. The van der Waals surface area contributed by atoms with Gasteiger partial charge in [0.05, 0.1) is 0 Å². The molecule has 1 rings (SSSR count). The highest BCUT2D eigenvalue weighted by atomic mass is 16.2. The number of hydrogen-bond donors (Lipinski definition) is 5. The molecule has 0 fully saturated rings. The minimum absolute atomic E-state index is 0.355. The fraction of sp³-hybridized carbons (Fsp3) is 0.364. The molecule has 0 bridgehead atoms. The lowest BCUT2D eigenvalue weighted by Gasteiger charge is -2.13. The molecule has 1 aromatic carbocycles. The summed E-state index contributed by atoms with van der Waals surface area (Å²) < 4.78 is 0. The van der Waals surface area contributed by atoms with E-state index in [1.807, 2.05) is 24.3 Å². The quantitative estimate of drug-likeness (QED) is 0.277. The molecule has 1 aromatic rings. The van der Waals surface area contributed by atoms with Crippen molar-refractivity contribution in [2.45, 2.75) is 26.7 Å². The maximum Gasteiger partial charge on any atom is 0.431 e. The Morgan fingerprint density at radius 2 is 1.79 bits per heavy atom. The van der Waals surface area contributed by atoms with Gasteiger partial charge in [0.2, 0.25) is 0 Å². The van der Waals surface area contributed by atoms with Gasteiger partial charge in [0.1, 0.15) is 0 Å². The van der Waals surface area contributed by atoms with Crippen LogP contribution in [0.25, 0.3) is 0 Å². The van der Waals surface area contributed by atoms with E-state index in [2.05, 4.69) is 15.4 Å². The van der Waals surface area contributed by atoms with Gasteiger partial charge in [-0.05, 0) is 24.8 Å². The van der Waals surface area contributed by atoms with Crippen LogP contribution in [-0.2, 0) is 13.1 Å². The lowest BCUT2D eigenvalue weighted by Crippen LogP contribution is -2.45. The fourth-order valence-electron chi connectivity index (χ4n) is 1.50. The molecule has 0 heterocycles. The maximum atomic E-state index is 9.27. The summed E-state index contributed by atoms with van der Waals surface area (Å²) in [6.07, 6.45) is 0. The molecule has 0 aliphatic rings. The van der Waals surface area contributed by atoms with Crippen molar-refractivity contribution in [1.29, 1.82) is 0 Å². The Hall–Kier alpha value is -1.50. The predicted octanol–water partition coefficient (Wildman–Crippen LogP) is -0.599. The minimum Gasteiger partial charge on any atom is -0.433 e. The number of nitrogens with zero attached hydrogens (tertiary/aromatic N) is 1. The Kier molecular flexibility index (Phi) is 6.41. The van der Waals surface area contributed by atoms with Crippen LogP contribution >= 0.6 is 0 Å². The van der Waals surface area contributed by atoms with Crippen LogP contribution in [0.5, 0.6) is 0 Å². The van der Waals surface area contributed by atoms with E-state index in [1.165, 1.54) is 0 Å². The SMILES string of the molecule is CB(O)N=C(NCc1ccc(CN)cc1)NB(C)O. The summed E-state index contributed by atoms with van der Waals surface area (Å²) in [5.74, 6) is 0.355. The number of nitrogens with two attached hydrogens (primary N) is 1. The second-order valence-corrected chi connectivity index (χ2v) is 4.30. The molecular formula is C11H20B2N4O2. The molecule has 0 saturated carbocycles. The van der Waals surface area contributed by atoms with Gasteiger partial charge >= 0.3 is 14.1 Å². The molecule has 0 saturated heterocycles. The Bertz CT molecular complexity index is 410. The van der Waals surface area contributed by atoms with Gasteiger partial charge in [-0.2, -0.15) is 0 Å². The summed E-state index contributed by atoms with van der Waals surface area (Å²) in [6, 6.07) is 7.87. The molecule has 0 atom stereocenters. The highest BCUT2D eigenvalue weighted by Crippen LogP contribution is 2.03. The number of benzene rings is 1. The van der Waals surface area contributed by atoms with E-state index in [9.17, 15) is 10.0 Å². The van der Waals surface area contributed by atoms with Crippen molar-refractivity contribution in [3.05, 3.63) is 35.4 Å². The first-order valence-corrected chi connectivity index (χ1v) is 6.23. The monoisotopic (exact) mass is 262 g/mol. The molecule has 6 N–H and O–H groups in total. The van der Waals surface area contributed by atoms with Crippen molar-refractivity contribution in [2.24, 2.45) is 10.6 Å². The number of guanidine groups is 1. The van der Waals surface area contributed by atoms with Crippen LogP contribution in [0.4, 0.5) is 0 Å². The third-order valence-corrected chi connectivity index (χ3v) is 2.38. The zero-order valence-electron chi connectivity index (χ0n) is 11.3. The maximum absolute atomic E-state index is 9.27. The molecule has 0 unspecified atom stereocenters. The summed E-state index contributed by atoms with van der Waals surface area (Å²) in [5.41, 5.74) is 7.66. The third-order valence-electron chi connectivity index (χ3n) is 2.38. The first kappa shape index (κ1) is 15.6. The summed E-state index contributed by atoms with van der Waals surface area (Å²) >= 11 is 0. The molecule has 0 aliphatic carbocycles. The zero-order chi connectivity index (χ0) is 14.3. The van der Waals surface area contributed by atoms with Crippen LogP contribution in [-0.4, -0.2) is 30.1 Å². The van der Waals surface area contributed by atoms with Crippen molar-refractivity contribution in [3.63, 3.8) is 0 Å². The molecule has 6 nitrogen and oxygen atoms in total. The first-order chi connectivity index (χ1) is 9.01. The van der Waals surface area contributed by atoms with Crippen LogP contribution in [0, 0.1) is 0 Å². The van der Waals surface area contributed by atoms with E-state index in [0.29, 0.717) is 19.0 Å². The molecule has 19 heavy (non-hydrogen) atoms. The summed E-state index contributed by atoms with van der Waals surface area (Å²) in [7, 11) is -1.59. The van der Waals surface area contributed by atoms with Crippen LogP contribution in [0.2, 0.25) is 13.6 Å². The number of rotatable bonds is 5. The second kappa shape index (κ2) is 7.83. The van der Waals surface area contributed by atoms with E-state index >= 15 is 0 Å². The van der Waals surface area contributed by atoms with Crippen LogP contribution in [0.3, 0.4) is 0 Å². The van der Waals surface area contributed by atoms with E-state index in [4.69, 9.17) is 5.73 Å². The topological polar surface area (TPSA) is 103 Å². The summed E-state index contributed by atoms with van der Waals surface area (Å²) in [4.78, 5) is 3.94. The van der Waals surface area contributed by atoms with Gasteiger partial charge in [0, 0.05) is 13.1 Å². The van der Waals surface area contributed by atoms with E-state index in [0.717, 1.165) is 11.1 Å². The number of nitrogens with one attached hydrogen (secondary N) is 2. The van der Waals surface area contributed by atoms with E-state index < -0.39 is 14.1 Å². The standard InChI is InChI=1S/C11H20B2N4O2/c1-12(18)16-11(17-13(2)19)15-8-10-5-3-9(7-14)4-6-10/h3-6,18-19H,7-8,14H2,1-2H3,(H2,15,16,17). The third kappa shape index (κ3) is 6.28. The molecule has 0 radical (unpaired) electrons. The van der Waals surface area contributed by atoms with Gasteiger partial charge in [-0.3, -0.25) is 4.90 Å². The van der Waals surface area contributed by atoms with E-state index in [-0.39, 0.29) is 0 Å². The van der Waals surface area contributed by atoms with Crippen LogP contribution < -0.4 is 16.3 Å². The first-order valence-electron chi connectivity index (χ1n) is 6.23. The van der Waals surface area contributed by atoms with Gasteiger partial charge in [-0.1, -0.05) is 24.3 Å². The van der Waals surface area contributed by atoms with Gasteiger partial charge in [-0.25, -0.2) is 0 Å². The largest absolute Gasteiger partial charge is 0.433 e. The lowest BCUT2D eigenvalue weighted by molar-refractivity contribution is 0.568. The summed E-state index contributed by atoms with van der Waals surface area (Å²) in [6.45, 7) is 4.18. The second-order valence-electron chi connectivity index (χ2n) is 4.30. The fourth-order valence-corrected chi connectivity index (χ4v) is 1.50. The molecule has 102 valence electrons. The molecule has 0 aromatic heterocycles. The van der Waals surface area contributed by atoms with Gasteiger partial charge < -0.3 is 26.3 Å². The predicted molar refractivity (Wildman–Crippen MR) is 79.4 cm³/mol. The normalized spacial score (nSPS) is 11.1. The average molecular weight is 262 g/mol. The average Bonchev–Trinajstić information content (AvgIpc) is 2.35. The molecule has 0 spiro atoms. The van der Waals surface area contributed by atoms with Gasteiger partial charge in [0.25, 0.3) is 0 Å². The minimum atomic E-state index is -0.839. The Morgan fingerprint density at radius 3 is 2.26 bits per heavy atom. The molecular weight excluding hydrogens is 242 g/mol. The lowest BCUT2D eigenvalue weighted by atomic mass is 9.88. The van der Waals surface area contributed by atoms with E-state index in [1.54, 1.807) is 13.6 Å². The van der Waals surface area contributed by atoms with Crippen molar-refractivity contribution in [1.82, 2.24) is 10.5 Å². The van der Waals surface area contributed by atoms with Crippen molar-refractivity contribution >= 4 is 20.1 Å². The van der Waals surface area contributed by atoms with Crippen molar-refractivity contribution in [2.75, 3.05) is 0 Å². The molecule has 8 heteroatoms. The Labute approximate surface area is 114 Å². The van der Waals surface area contributed by atoms with Crippen LogP contribution in [0.1, 0.15) is 11.1 Å². The zero-order valence-corrected chi connectivity index (χ0v) is 11.3. The summed E-state index contributed by atoms with van der Waals surface area (Å²) in [5, 5.41) is 24.3. The van der Waals surface area contributed by atoms with Gasteiger partial charge in [0.15, 0.2) is 5.96 Å². The highest BCUT2D eigenvalue weighted by Gasteiger charge is 2.09. The van der Waals surface area contributed by atoms with Crippen molar-refractivity contribution in [3.8, 4) is 0 Å². The van der Waals surface area contributed by atoms with Crippen molar-refractivity contribution < 1.29 is 10.0 Å². The Morgan fingerprint density at radius 1 is 1.21 bits per heavy atom. The smallest absolute Gasteiger partial charge is 0.431 e. The van der Waals surface area contributed by atoms with Crippen LogP contribution in [0.15, 0.2) is 29.2 Å². The highest BCUT2D eigenvalue weighted by molar-refractivity contribution is 6.52. The molecule has 0 amide bonds. The molecule has 0 aliphatic heterocycles. The van der Waals surface area contributed by atoms with Gasteiger partial charge in [-0.15, -0.1) is 0 Å².